The van der Waals surface area contributed by atoms with Gasteiger partial charge in [0, 0.05) is 11.6 Å². The molecule has 2 rings (SSSR count). The van der Waals surface area contributed by atoms with Crippen molar-refractivity contribution < 1.29 is 18.3 Å². The topological polar surface area (TPSA) is 31.6 Å². The van der Waals surface area contributed by atoms with E-state index in [2.05, 4.69) is 15.9 Å². The number of ether oxygens (including phenoxy) is 2. The second-order valence-electron chi connectivity index (χ2n) is 3.73. The fourth-order valence-corrected chi connectivity index (χ4v) is 2.29. The van der Waals surface area contributed by atoms with Crippen LogP contribution in [0.15, 0.2) is 33.4 Å². The third-order valence-corrected chi connectivity index (χ3v) is 3.50. The number of methoxy groups -OCH3 is 2. The van der Waals surface area contributed by atoms with E-state index in [9.17, 15) is 4.39 Å². The standard InChI is InChI=1S/C13H11BrClFO3/c1-17-10-5-7(8(16)6-11(10)18-2)13(15)9-3-4-12(14)19-9/h3-6,13H,1-2H3. The lowest BCUT2D eigenvalue weighted by Gasteiger charge is -2.13. The maximum absolute atomic E-state index is 14.0. The molecule has 1 aromatic heterocycles. The van der Waals surface area contributed by atoms with Gasteiger partial charge in [-0.05, 0) is 34.1 Å². The lowest BCUT2D eigenvalue weighted by Crippen LogP contribution is -1.99. The second-order valence-corrected chi connectivity index (χ2v) is 4.95. The number of hydrogen-bond acceptors (Lipinski definition) is 3. The number of halogens is 3. The van der Waals surface area contributed by atoms with Gasteiger partial charge in [0.25, 0.3) is 0 Å². The molecule has 1 unspecified atom stereocenters. The van der Waals surface area contributed by atoms with Crippen LogP contribution in [0.5, 0.6) is 11.5 Å². The van der Waals surface area contributed by atoms with Crippen molar-refractivity contribution in [3.63, 3.8) is 0 Å². The Bertz CT molecular complexity index is 585. The Labute approximate surface area is 123 Å². The van der Waals surface area contributed by atoms with Crippen molar-refractivity contribution >= 4 is 27.5 Å². The van der Waals surface area contributed by atoms with Gasteiger partial charge in [0.2, 0.25) is 0 Å². The minimum atomic E-state index is -0.744. The zero-order valence-electron chi connectivity index (χ0n) is 10.2. The molecule has 102 valence electrons. The van der Waals surface area contributed by atoms with E-state index in [1.807, 2.05) is 0 Å². The van der Waals surface area contributed by atoms with Crippen molar-refractivity contribution in [2.45, 2.75) is 5.38 Å². The summed E-state index contributed by atoms with van der Waals surface area (Å²) < 4.78 is 30.0. The molecule has 0 amide bonds. The second kappa shape index (κ2) is 5.84. The first-order valence-electron chi connectivity index (χ1n) is 5.37. The normalized spacial score (nSPS) is 12.3. The molecule has 0 aliphatic heterocycles. The highest BCUT2D eigenvalue weighted by Gasteiger charge is 2.21. The predicted molar refractivity (Wildman–Crippen MR) is 73.6 cm³/mol. The number of benzene rings is 1. The highest BCUT2D eigenvalue weighted by molar-refractivity contribution is 9.10. The van der Waals surface area contributed by atoms with E-state index < -0.39 is 11.2 Å². The van der Waals surface area contributed by atoms with Crippen molar-refractivity contribution in [1.29, 1.82) is 0 Å². The molecule has 0 saturated heterocycles. The SMILES string of the molecule is COc1cc(F)c(C(Cl)c2ccc(Br)o2)cc1OC. The summed E-state index contributed by atoms with van der Waals surface area (Å²) in [5.41, 5.74) is 0.265. The zero-order valence-corrected chi connectivity index (χ0v) is 12.6. The van der Waals surface area contributed by atoms with Crippen LogP contribution in [0, 0.1) is 5.82 Å². The maximum Gasteiger partial charge on any atom is 0.169 e. The van der Waals surface area contributed by atoms with Crippen molar-refractivity contribution in [1.82, 2.24) is 0 Å². The predicted octanol–water partition coefficient (Wildman–Crippen LogP) is 4.53. The summed E-state index contributed by atoms with van der Waals surface area (Å²) in [6, 6.07) is 6.12. The third-order valence-electron chi connectivity index (χ3n) is 2.62. The van der Waals surface area contributed by atoms with Crippen LogP contribution < -0.4 is 9.47 Å². The molecule has 1 heterocycles. The highest BCUT2D eigenvalue weighted by atomic mass is 79.9. The molecular formula is C13H11BrClFO3. The van der Waals surface area contributed by atoms with Crippen LogP contribution in [0.25, 0.3) is 0 Å². The van der Waals surface area contributed by atoms with Gasteiger partial charge in [0.1, 0.15) is 17.0 Å². The molecule has 0 saturated carbocycles. The molecule has 1 atom stereocenters. The van der Waals surface area contributed by atoms with Crippen LogP contribution in [0.4, 0.5) is 4.39 Å². The molecule has 2 aromatic rings. The van der Waals surface area contributed by atoms with Gasteiger partial charge in [-0.25, -0.2) is 4.39 Å². The smallest absolute Gasteiger partial charge is 0.169 e. The molecule has 0 spiro atoms. The highest BCUT2D eigenvalue weighted by Crippen LogP contribution is 2.38. The largest absolute Gasteiger partial charge is 0.493 e. The number of furan rings is 1. The van der Waals surface area contributed by atoms with Crippen LogP contribution in [-0.2, 0) is 0 Å². The quantitative estimate of drug-likeness (QED) is 0.760. The first kappa shape index (κ1) is 14.2. The number of rotatable bonds is 4. The first-order chi connectivity index (χ1) is 9.06. The Morgan fingerprint density at radius 1 is 1.21 bits per heavy atom. The summed E-state index contributed by atoms with van der Waals surface area (Å²) >= 11 is 9.40. The van der Waals surface area contributed by atoms with E-state index in [-0.39, 0.29) is 5.56 Å². The fraction of sp³-hybridized carbons (Fsp3) is 0.231. The summed E-state index contributed by atoms with van der Waals surface area (Å²) in [5.74, 6) is 0.688. The molecule has 0 bridgehead atoms. The van der Waals surface area contributed by atoms with Crippen molar-refractivity contribution in [2.75, 3.05) is 14.2 Å². The van der Waals surface area contributed by atoms with Crippen LogP contribution in [-0.4, -0.2) is 14.2 Å². The van der Waals surface area contributed by atoms with Gasteiger partial charge in [-0.15, -0.1) is 11.6 Å². The molecule has 6 heteroatoms. The first-order valence-corrected chi connectivity index (χ1v) is 6.60. The average molecular weight is 350 g/mol. The Balaban J connectivity index is 2.44. The summed E-state index contributed by atoms with van der Waals surface area (Å²) in [7, 11) is 2.92. The Morgan fingerprint density at radius 3 is 2.37 bits per heavy atom. The summed E-state index contributed by atoms with van der Waals surface area (Å²) in [5, 5.41) is -0.744. The van der Waals surface area contributed by atoms with Gasteiger partial charge in [0.15, 0.2) is 16.2 Å². The minimum absolute atomic E-state index is 0.265. The molecule has 0 radical (unpaired) electrons. The van der Waals surface area contributed by atoms with Crippen molar-refractivity contribution in [2.24, 2.45) is 0 Å². The lowest BCUT2D eigenvalue weighted by molar-refractivity contribution is 0.351. The molecule has 19 heavy (non-hydrogen) atoms. The number of hydrogen-bond donors (Lipinski definition) is 0. The van der Waals surface area contributed by atoms with Gasteiger partial charge in [0.05, 0.1) is 14.2 Å². The fourth-order valence-electron chi connectivity index (χ4n) is 1.68. The lowest BCUT2D eigenvalue weighted by atomic mass is 10.1. The van der Waals surface area contributed by atoms with E-state index in [4.69, 9.17) is 25.5 Å². The molecule has 0 N–H and O–H groups in total. The molecule has 1 aromatic carbocycles. The van der Waals surface area contributed by atoms with Crippen LogP contribution in [0.1, 0.15) is 16.7 Å². The van der Waals surface area contributed by atoms with E-state index in [0.29, 0.717) is 21.9 Å². The van der Waals surface area contributed by atoms with Crippen molar-refractivity contribution in [3.8, 4) is 11.5 Å². The van der Waals surface area contributed by atoms with Gasteiger partial charge in [-0.1, -0.05) is 0 Å². The Kier molecular flexibility index (Phi) is 4.37. The molecule has 3 nitrogen and oxygen atoms in total. The van der Waals surface area contributed by atoms with Gasteiger partial charge < -0.3 is 13.9 Å². The molecule has 0 aliphatic rings. The summed E-state index contributed by atoms with van der Waals surface area (Å²) in [4.78, 5) is 0. The van der Waals surface area contributed by atoms with Gasteiger partial charge in [-0.3, -0.25) is 0 Å². The van der Waals surface area contributed by atoms with Crippen LogP contribution in [0.2, 0.25) is 0 Å². The van der Waals surface area contributed by atoms with E-state index in [1.54, 1.807) is 12.1 Å². The molecular weight excluding hydrogens is 338 g/mol. The van der Waals surface area contributed by atoms with Crippen LogP contribution in [0.3, 0.4) is 0 Å². The number of alkyl halides is 1. The third kappa shape index (κ3) is 2.87. The summed E-state index contributed by atoms with van der Waals surface area (Å²) in [6.45, 7) is 0. The summed E-state index contributed by atoms with van der Waals surface area (Å²) in [6.07, 6.45) is 0. The van der Waals surface area contributed by atoms with E-state index >= 15 is 0 Å². The van der Waals surface area contributed by atoms with E-state index in [0.717, 1.165) is 0 Å². The Hall–Kier alpha value is -1.20. The van der Waals surface area contributed by atoms with Crippen LogP contribution >= 0.6 is 27.5 Å². The minimum Gasteiger partial charge on any atom is -0.493 e. The maximum atomic E-state index is 14.0. The average Bonchev–Trinajstić information content (AvgIpc) is 2.84. The Morgan fingerprint density at radius 2 is 1.84 bits per heavy atom. The van der Waals surface area contributed by atoms with Crippen molar-refractivity contribution in [3.05, 3.63) is 46.1 Å². The van der Waals surface area contributed by atoms with Gasteiger partial charge >= 0.3 is 0 Å². The molecule has 0 fully saturated rings. The zero-order chi connectivity index (χ0) is 14.0. The monoisotopic (exact) mass is 348 g/mol. The van der Waals surface area contributed by atoms with E-state index in [1.165, 1.54) is 26.4 Å². The van der Waals surface area contributed by atoms with Gasteiger partial charge in [-0.2, -0.15) is 0 Å². The molecule has 0 aliphatic carbocycles.